The van der Waals surface area contributed by atoms with Gasteiger partial charge in [-0.05, 0) is 24.7 Å². The number of carbonyl (C=O) groups is 2. The summed E-state index contributed by atoms with van der Waals surface area (Å²) < 4.78 is 10.6. The molecule has 0 spiro atoms. The summed E-state index contributed by atoms with van der Waals surface area (Å²) in [5.41, 5.74) is 0. The first kappa shape index (κ1) is 14.7. The Bertz CT molecular complexity index is 324. The molecule has 0 bridgehead atoms. The molecule has 0 N–H and O–H groups in total. The summed E-state index contributed by atoms with van der Waals surface area (Å²) in [4.78, 5) is 22.7. The van der Waals surface area contributed by atoms with Crippen LogP contribution in [0.2, 0.25) is 0 Å². The van der Waals surface area contributed by atoms with Gasteiger partial charge in [-0.2, -0.15) is 0 Å². The van der Waals surface area contributed by atoms with E-state index in [1.165, 1.54) is 0 Å². The van der Waals surface area contributed by atoms with E-state index in [9.17, 15) is 9.59 Å². The number of hydrogen-bond donors (Lipinski definition) is 0. The fourth-order valence-electron chi connectivity index (χ4n) is 2.20. The fraction of sp³-hybridized carbons (Fsp3) is 0.714. The van der Waals surface area contributed by atoms with E-state index >= 15 is 0 Å². The molecule has 4 heteroatoms. The van der Waals surface area contributed by atoms with Gasteiger partial charge in [0.05, 0.1) is 0 Å². The molecule has 0 saturated heterocycles. The van der Waals surface area contributed by atoms with E-state index in [-0.39, 0.29) is 18.2 Å². The van der Waals surface area contributed by atoms with Crippen molar-refractivity contribution in [2.75, 3.05) is 0 Å². The van der Waals surface area contributed by atoms with Gasteiger partial charge in [0.2, 0.25) is 0 Å². The second kappa shape index (κ2) is 6.57. The molecule has 0 aromatic rings. The van der Waals surface area contributed by atoms with Gasteiger partial charge in [-0.1, -0.05) is 27.4 Å². The van der Waals surface area contributed by atoms with E-state index in [4.69, 9.17) is 9.47 Å². The van der Waals surface area contributed by atoms with Gasteiger partial charge in [0, 0.05) is 12.5 Å². The first-order chi connectivity index (χ1) is 8.47. The van der Waals surface area contributed by atoms with E-state index in [1.807, 2.05) is 0 Å². The maximum Gasteiger partial charge on any atom is 0.330 e. The highest BCUT2D eigenvalue weighted by atomic mass is 16.6. The van der Waals surface area contributed by atoms with Crippen LogP contribution in [0.4, 0.5) is 0 Å². The number of rotatable bonds is 4. The Morgan fingerprint density at radius 1 is 1.17 bits per heavy atom. The van der Waals surface area contributed by atoms with Gasteiger partial charge in [-0.25, -0.2) is 4.79 Å². The van der Waals surface area contributed by atoms with Gasteiger partial charge < -0.3 is 9.47 Å². The molecule has 1 aliphatic carbocycles. The predicted molar refractivity (Wildman–Crippen MR) is 67.8 cm³/mol. The van der Waals surface area contributed by atoms with Gasteiger partial charge in [0.1, 0.15) is 12.2 Å². The van der Waals surface area contributed by atoms with Crippen LogP contribution in [-0.2, 0) is 19.1 Å². The highest BCUT2D eigenvalue weighted by Gasteiger charge is 2.37. The third-order valence-electron chi connectivity index (χ3n) is 3.60. The summed E-state index contributed by atoms with van der Waals surface area (Å²) in [5, 5.41) is 0. The molecule has 0 heterocycles. The van der Waals surface area contributed by atoms with Crippen LogP contribution >= 0.6 is 0 Å². The van der Waals surface area contributed by atoms with Crippen LogP contribution in [0.5, 0.6) is 0 Å². The SMILES string of the molecule is C=CC(=O)OC1CC(C)[C@@H](C)CC1OC(=O)CC. The average Bonchev–Trinajstić information content (AvgIpc) is 2.34. The van der Waals surface area contributed by atoms with Crippen LogP contribution in [0, 0.1) is 11.8 Å². The zero-order chi connectivity index (χ0) is 13.7. The molecule has 1 aliphatic rings. The minimum absolute atomic E-state index is 0.249. The maximum atomic E-state index is 11.4. The maximum absolute atomic E-state index is 11.4. The van der Waals surface area contributed by atoms with Crippen LogP contribution in [0.15, 0.2) is 12.7 Å². The van der Waals surface area contributed by atoms with Crippen molar-refractivity contribution in [1.29, 1.82) is 0 Å². The second-order valence-corrected chi connectivity index (χ2v) is 4.99. The molecule has 102 valence electrons. The molecule has 0 aromatic carbocycles. The smallest absolute Gasteiger partial charge is 0.330 e. The molecular formula is C14H22O4. The summed E-state index contributed by atoms with van der Waals surface area (Å²) >= 11 is 0. The van der Waals surface area contributed by atoms with Gasteiger partial charge >= 0.3 is 11.9 Å². The van der Waals surface area contributed by atoms with E-state index in [0.717, 1.165) is 18.9 Å². The highest BCUT2D eigenvalue weighted by Crippen LogP contribution is 2.33. The van der Waals surface area contributed by atoms with Gasteiger partial charge in [0.15, 0.2) is 0 Å². The summed E-state index contributed by atoms with van der Waals surface area (Å²) in [6.07, 6.45) is 2.26. The van der Waals surface area contributed by atoms with Crippen LogP contribution in [0.1, 0.15) is 40.0 Å². The van der Waals surface area contributed by atoms with Crippen molar-refractivity contribution in [2.24, 2.45) is 11.8 Å². The summed E-state index contributed by atoms with van der Waals surface area (Å²) in [6, 6.07) is 0. The van der Waals surface area contributed by atoms with E-state index in [1.54, 1.807) is 6.92 Å². The molecule has 0 amide bonds. The lowest BCUT2D eigenvalue weighted by atomic mass is 9.78. The van der Waals surface area contributed by atoms with E-state index in [0.29, 0.717) is 18.3 Å². The molecule has 0 aliphatic heterocycles. The van der Waals surface area contributed by atoms with Crippen molar-refractivity contribution in [1.82, 2.24) is 0 Å². The first-order valence-electron chi connectivity index (χ1n) is 6.50. The zero-order valence-corrected chi connectivity index (χ0v) is 11.3. The van der Waals surface area contributed by atoms with E-state index < -0.39 is 5.97 Å². The Balaban J connectivity index is 2.70. The van der Waals surface area contributed by atoms with Crippen LogP contribution in [0.25, 0.3) is 0 Å². The van der Waals surface area contributed by atoms with Crippen LogP contribution < -0.4 is 0 Å². The fourth-order valence-corrected chi connectivity index (χ4v) is 2.20. The molecule has 0 aromatic heterocycles. The lowest BCUT2D eigenvalue weighted by Crippen LogP contribution is -2.42. The van der Waals surface area contributed by atoms with Crippen molar-refractivity contribution in [3.05, 3.63) is 12.7 Å². The minimum Gasteiger partial charge on any atom is -0.458 e. The molecule has 1 fully saturated rings. The quantitative estimate of drug-likeness (QED) is 0.571. The average molecular weight is 254 g/mol. The van der Waals surface area contributed by atoms with Crippen molar-refractivity contribution >= 4 is 11.9 Å². The Hall–Kier alpha value is -1.32. The van der Waals surface area contributed by atoms with Gasteiger partial charge in [-0.3, -0.25) is 4.79 Å². The summed E-state index contributed by atoms with van der Waals surface area (Å²) in [7, 11) is 0. The predicted octanol–water partition coefficient (Wildman–Crippen LogP) is 2.47. The Kier molecular flexibility index (Phi) is 5.38. The largest absolute Gasteiger partial charge is 0.458 e. The Morgan fingerprint density at radius 3 is 2.11 bits per heavy atom. The van der Waals surface area contributed by atoms with Crippen LogP contribution in [-0.4, -0.2) is 24.1 Å². The number of carbonyl (C=O) groups excluding carboxylic acids is 2. The van der Waals surface area contributed by atoms with E-state index in [2.05, 4.69) is 20.4 Å². The normalized spacial score (nSPS) is 31.5. The summed E-state index contributed by atoms with van der Waals surface area (Å²) in [6.45, 7) is 9.38. The highest BCUT2D eigenvalue weighted by molar-refractivity contribution is 5.81. The zero-order valence-electron chi connectivity index (χ0n) is 11.3. The number of hydrogen-bond acceptors (Lipinski definition) is 4. The topological polar surface area (TPSA) is 52.6 Å². The molecule has 0 radical (unpaired) electrons. The second-order valence-electron chi connectivity index (χ2n) is 4.99. The van der Waals surface area contributed by atoms with Crippen molar-refractivity contribution in [3.8, 4) is 0 Å². The lowest BCUT2D eigenvalue weighted by Gasteiger charge is -2.37. The van der Waals surface area contributed by atoms with Crippen molar-refractivity contribution in [3.63, 3.8) is 0 Å². The van der Waals surface area contributed by atoms with Gasteiger partial charge in [-0.15, -0.1) is 0 Å². The van der Waals surface area contributed by atoms with Gasteiger partial charge in [0.25, 0.3) is 0 Å². The molecule has 3 unspecified atom stereocenters. The molecule has 4 atom stereocenters. The first-order valence-corrected chi connectivity index (χ1v) is 6.50. The monoisotopic (exact) mass is 254 g/mol. The molecule has 4 nitrogen and oxygen atoms in total. The summed E-state index contributed by atoms with van der Waals surface area (Å²) in [5.74, 6) is 0.197. The Labute approximate surface area is 108 Å². The number of ether oxygens (including phenoxy) is 2. The molecule has 1 rings (SSSR count). The minimum atomic E-state index is -0.459. The van der Waals surface area contributed by atoms with Crippen molar-refractivity contribution < 1.29 is 19.1 Å². The third kappa shape index (κ3) is 3.86. The molecular weight excluding hydrogens is 232 g/mol. The standard InChI is InChI=1S/C14H22O4/c1-5-13(15)17-11-7-9(3)10(4)8-12(11)18-14(16)6-2/h5,9-12H,1,6-8H2,2-4H3/t9?,10-,11?,12?/m0/s1. The number of esters is 2. The van der Waals surface area contributed by atoms with Crippen LogP contribution in [0.3, 0.4) is 0 Å². The lowest BCUT2D eigenvalue weighted by molar-refractivity contribution is -0.172. The third-order valence-corrected chi connectivity index (χ3v) is 3.60. The molecule has 18 heavy (non-hydrogen) atoms. The van der Waals surface area contributed by atoms with Crippen molar-refractivity contribution in [2.45, 2.75) is 52.2 Å². The Morgan fingerprint density at radius 2 is 1.67 bits per heavy atom. The molecule has 1 saturated carbocycles.